The van der Waals surface area contributed by atoms with Crippen LogP contribution >= 0.6 is 0 Å². The number of nitrogens with zero attached hydrogens (tertiary/aromatic N) is 3. The Bertz CT molecular complexity index is 428. The third-order valence-corrected chi connectivity index (χ3v) is 3.69. The van der Waals surface area contributed by atoms with Crippen molar-refractivity contribution < 1.29 is 4.74 Å². The van der Waals surface area contributed by atoms with E-state index in [1.54, 1.807) is 0 Å². The van der Waals surface area contributed by atoms with Gasteiger partial charge < -0.3 is 15.4 Å². The van der Waals surface area contributed by atoms with Crippen LogP contribution < -0.4 is 15.4 Å². The number of ether oxygens (including phenoxy) is 1. The molecule has 20 heavy (non-hydrogen) atoms. The maximum Gasteiger partial charge on any atom is 0.239 e. The predicted octanol–water partition coefficient (Wildman–Crippen LogP) is 1.98. The Kier molecular flexibility index (Phi) is 5.06. The fourth-order valence-electron chi connectivity index (χ4n) is 2.40. The molecule has 2 heterocycles. The van der Waals surface area contributed by atoms with E-state index < -0.39 is 0 Å². The van der Waals surface area contributed by atoms with Gasteiger partial charge in [-0.2, -0.15) is 4.98 Å². The zero-order valence-electron chi connectivity index (χ0n) is 12.8. The van der Waals surface area contributed by atoms with Gasteiger partial charge in [-0.3, -0.25) is 4.90 Å². The number of rotatable bonds is 5. The molecule has 1 saturated heterocycles. The van der Waals surface area contributed by atoms with Crippen LogP contribution in [-0.4, -0.2) is 48.7 Å². The Balaban J connectivity index is 2.02. The van der Waals surface area contributed by atoms with Crippen molar-refractivity contribution in [1.29, 1.82) is 0 Å². The Morgan fingerprint density at radius 1 is 1.25 bits per heavy atom. The van der Waals surface area contributed by atoms with Crippen molar-refractivity contribution in [2.24, 2.45) is 0 Å². The van der Waals surface area contributed by atoms with Gasteiger partial charge in [0.15, 0.2) is 0 Å². The van der Waals surface area contributed by atoms with Gasteiger partial charge in [0, 0.05) is 32.2 Å². The summed E-state index contributed by atoms with van der Waals surface area (Å²) in [6.07, 6.45) is 0.957. The minimum atomic E-state index is 0.565. The molecule has 1 aromatic rings. The summed E-state index contributed by atoms with van der Waals surface area (Å²) in [6, 6.07) is 4.49. The molecule has 5 heteroatoms. The molecule has 0 atom stereocenters. The smallest absolute Gasteiger partial charge is 0.239 e. The molecular weight excluding hydrogens is 252 g/mol. The number of nitrogens with two attached hydrogens (primary N) is 1. The largest absolute Gasteiger partial charge is 0.476 e. The topological polar surface area (TPSA) is 54.6 Å². The number of nitrogen functional groups attached to an aromatic ring is 1. The molecule has 112 valence electrons. The number of pyridine rings is 1. The van der Waals surface area contributed by atoms with Crippen LogP contribution in [0.4, 0.5) is 11.5 Å². The highest BCUT2D eigenvalue weighted by Gasteiger charge is 2.20. The van der Waals surface area contributed by atoms with Gasteiger partial charge >= 0.3 is 0 Å². The first-order chi connectivity index (χ1) is 9.61. The predicted molar refractivity (Wildman–Crippen MR) is 83.4 cm³/mol. The molecule has 0 amide bonds. The summed E-state index contributed by atoms with van der Waals surface area (Å²) in [7, 11) is 0. The minimum absolute atomic E-state index is 0.565. The molecule has 0 aliphatic carbocycles. The fourth-order valence-corrected chi connectivity index (χ4v) is 2.40. The second-order valence-corrected chi connectivity index (χ2v) is 5.53. The zero-order valence-corrected chi connectivity index (χ0v) is 12.8. The maximum absolute atomic E-state index is 5.91. The number of hydrogen-bond acceptors (Lipinski definition) is 5. The Labute approximate surface area is 121 Å². The van der Waals surface area contributed by atoms with Crippen molar-refractivity contribution in [3.63, 3.8) is 0 Å². The molecule has 0 aromatic carbocycles. The van der Waals surface area contributed by atoms with Gasteiger partial charge in [0.25, 0.3) is 0 Å². The van der Waals surface area contributed by atoms with Crippen LogP contribution in [-0.2, 0) is 0 Å². The molecule has 1 aliphatic rings. The van der Waals surface area contributed by atoms with Crippen LogP contribution in [0.1, 0.15) is 27.2 Å². The van der Waals surface area contributed by atoms with Gasteiger partial charge in [0.05, 0.1) is 12.3 Å². The van der Waals surface area contributed by atoms with Crippen LogP contribution in [0.2, 0.25) is 0 Å². The molecule has 0 saturated carbocycles. The summed E-state index contributed by atoms with van der Waals surface area (Å²) in [4.78, 5) is 9.35. The lowest BCUT2D eigenvalue weighted by atomic mass is 10.2. The van der Waals surface area contributed by atoms with Crippen molar-refractivity contribution in [1.82, 2.24) is 9.88 Å². The molecule has 2 rings (SSSR count). The SMILES string of the molecule is CCCOc1nc(N2CCN(C(C)C)CC2)ccc1N. The van der Waals surface area contributed by atoms with Crippen molar-refractivity contribution in [2.75, 3.05) is 43.4 Å². The monoisotopic (exact) mass is 278 g/mol. The molecule has 1 fully saturated rings. The first kappa shape index (κ1) is 14.9. The third kappa shape index (κ3) is 3.54. The van der Waals surface area contributed by atoms with Crippen molar-refractivity contribution in [2.45, 2.75) is 33.2 Å². The van der Waals surface area contributed by atoms with E-state index in [1.807, 2.05) is 12.1 Å². The van der Waals surface area contributed by atoms with Crippen LogP contribution in [0.25, 0.3) is 0 Å². The van der Waals surface area contributed by atoms with E-state index in [4.69, 9.17) is 10.5 Å². The zero-order chi connectivity index (χ0) is 14.5. The number of anilines is 2. The van der Waals surface area contributed by atoms with Crippen LogP contribution in [0, 0.1) is 0 Å². The van der Waals surface area contributed by atoms with E-state index in [2.05, 4.69) is 35.6 Å². The first-order valence-corrected chi connectivity index (χ1v) is 7.50. The molecule has 0 radical (unpaired) electrons. The van der Waals surface area contributed by atoms with E-state index in [-0.39, 0.29) is 0 Å². The highest BCUT2D eigenvalue weighted by molar-refractivity contribution is 5.54. The van der Waals surface area contributed by atoms with E-state index in [1.165, 1.54) is 0 Å². The number of hydrogen-bond donors (Lipinski definition) is 1. The van der Waals surface area contributed by atoms with Crippen molar-refractivity contribution in [3.05, 3.63) is 12.1 Å². The van der Waals surface area contributed by atoms with E-state index in [0.29, 0.717) is 24.2 Å². The number of piperazine rings is 1. The summed E-state index contributed by atoms with van der Waals surface area (Å²) in [5.74, 6) is 1.53. The second kappa shape index (κ2) is 6.79. The molecule has 1 aromatic heterocycles. The average molecular weight is 278 g/mol. The summed E-state index contributed by atoms with van der Waals surface area (Å²) in [5.41, 5.74) is 6.52. The van der Waals surface area contributed by atoms with Crippen LogP contribution in [0.15, 0.2) is 12.1 Å². The van der Waals surface area contributed by atoms with Gasteiger partial charge in [-0.15, -0.1) is 0 Å². The van der Waals surface area contributed by atoms with Gasteiger partial charge in [0.1, 0.15) is 5.82 Å². The lowest BCUT2D eigenvalue weighted by Gasteiger charge is -2.37. The van der Waals surface area contributed by atoms with Crippen molar-refractivity contribution in [3.8, 4) is 5.88 Å². The molecule has 1 aliphatic heterocycles. The number of aromatic nitrogens is 1. The van der Waals surface area contributed by atoms with Crippen LogP contribution in [0.3, 0.4) is 0 Å². The van der Waals surface area contributed by atoms with Crippen LogP contribution in [0.5, 0.6) is 5.88 Å². The Hall–Kier alpha value is -1.49. The summed E-state index contributed by atoms with van der Waals surface area (Å²) in [5, 5.41) is 0. The molecule has 0 bridgehead atoms. The highest BCUT2D eigenvalue weighted by Crippen LogP contribution is 2.24. The lowest BCUT2D eigenvalue weighted by molar-refractivity contribution is 0.209. The van der Waals surface area contributed by atoms with E-state index in [9.17, 15) is 0 Å². The normalized spacial score (nSPS) is 16.7. The lowest BCUT2D eigenvalue weighted by Crippen LogP contribution is -2.49. The van der Waals surface area contributed by atoms with E-state index >= 15 is 0 Å². The highest BCUT2D eigenvalue weighted by atomic mass is 16.5. The molecular formula is C15H26N4O. The molecule has 2 N–H and O–H groups in total. The van der Waals surface area contributed by atoms with Gasteiger partial charge in [-0.05, 0) is 32.4 Å². The quantitative estimate of drug-likeness (QED) is 0.892. The minimum Gasteiger partial charge on any atom is -0.476 e. The van der Waals surface area contributed by atoms with Gasteiger partial charge in [-0.1, -0.05) is 6.92 Å². The van der Waals surface area contributed by atoms with Gasteiger partial charge in [-0.25, -0.2) is 0 Å². The average Bonchev–Trinajstić information content (AvgIpc) is 2.46. The molecule has 0 unspecified atom stereocenters. The third-order valence-electron chi connectivity index (χ3n) is 3.69. The second-order valence-electron chi connectivity index (χ2n) is 5.53. The van der Waals surface area contributed by atoms with E-state index in [0.717, 1.165) is 38.4 Å². The standard InChI is InChI=1S/C15H26N4O/c1-4-11-20-15-13(16)5-6-14(17-15)19-9-7-18(8-10-19)12(2)3/h5-6,12H,4,7-11,16H2,1-3H3. The molecule has 5 nitrogen and oxygen atoms in total. The maximum atomic E-state index is 5.91. The Morgan fingerprint density at radius 2 is 1.95 bits per heavy atom. The summed E-state index contributed by atoms with van der Waals surface area (Å²) >= 11 is 0. The van der Waals surface area contributed by atoms with Gasteiger partial charge in [0.2, 0.25) is 5.88 Å². The Morgan fingerprint density at radius 3 is 2.55 bits per heavy atom. The molecule has 0 spiro atoms. The summed E-state index contributed by atoms with van der Waals surface area (Å²) in [6.45, 7) is 11.4. The fraction of sp³-hybridized carbons (Fsp3) is 0.667. The first-order valence-electron chi connectivity index (χ1n) is 7.50. The van der Waals surface area contributed by atoms with Crippen molar-refractivity contribution >= 4 is 11.5 Å². The summed E-state index contributed by atoms with van der Waals surface area (Å²) < 4.78 is 5.60.